The molecule has 0 saturated heterocycles. The molecule has 3 aromatic rings. The minimum atomic E-state index is -0.280. The fourth-order valence-corrected chi connectivity index (χ4v) is 2.28. The number of nitrogen functional groups attached to an aromatic ring is 1. The number of carbonyl (C=O) groups is 1. The molecular formula is C17H16N2O2. The maximum absolute atomic E-state index is 12.3. The van der Waals surface area contributed by atoms with Crippen LogP contribution in [0, 0.1) is 13.8 Å². The molecule has 0 aliphatic carbocycles. The largest absolute Gasteiger partial charge is 0.451 e. The van der Waals surface area contributed by atoms with Crippen molar-refractivity contribution < 1.29 is 9.21 Å². The molecule has 1 aromatic heterocycles. The van der Waals surface area contributed by atoms with E-state index in [0.717, 1.165) is 16.5 Å². The molecule has 3 rings (SSSR count). The number of nitrogens with two attached hydrogens (primary N) is 1. The highest BCUT2D eigenvalue weighted by Gasteiger charge is 2.13. The van der Waals surface area contributed by atoms with Crippen molar-refractivity contribution in [3.63, 3.8) is 0 Å². The van der Waals surface area contributed by atoms with Gasteiger partial charge in [-0.3, -0.25) is 4.79 Å². The first kappa shape index (κ1) is 13.2. The van der Waals surface area contributed by atoms with Crippen LogP contribution in [-0.2, 0) is 0 Å². The first-order chi connectivity index (χ1) is 10.0. The third-order valence-electron chi connectivity index (χ3n) is 3.51. The Morgan fingerprint density at radius 3 is 2.62 bits per heavy atom. The number of carbonyl (C=O) groups excluding carboxylic acids is 1. The van der Waals surface area contributed by atoms with Gasteiger partial charge in [-0.25, -0.2) is 0 Å². The smallest absolute Gasteiger partial charge is 0.291 e. The monoisotopic (exact) mass is 280 g/mol. The lowest BCUT2D eigenvalue weighted by Crippen LogP contribution is -2.12. The average molecular weight is 280 g/mol. The Morgan fingerprint density at radius 1 is 1.10 bits per heavy atom. The van der Waals surface area contributed by atoms with Crippen LogP contribution in [0.3, 0.4) is 0 Å². The lowest BCUT2D eigenvalue weighted by Gasteiger charge is -2.10. The summed E-state index contributed by atoms with van der Waals surface area (Å²) in [5.74, 6) is 0.00676. The molecule has 1 heterocycles. The molecule has 2 aromatic carbocycles. The normalized spacial score (nSPS) is 10.8. The van der Waals surface area contributed by atoms with Gasteiger partial charge in [-0.15, -0.1) is 0 Å². The van der Waals surface area contributed by atoms with Crippen LogP contribution in [0.25, 0.3) is 11.0 Å². The van der Waals surface area contributed by atoms with Crippen LogP contribution >= 0.6 is 0 Å². The lowest BCUT2D eigenvalue weighted by molar-refractivity contribution is 0.0998. The molecule has 0 radical (unpaired) electrons. The van der Waals surface area contributed by atoms with Crippen molar-refractivity contribution in [3.8, 4) is 0 Å². The minimum Gasteiger partial charge on any atom is -0.451 e. The van der Waals surface area contributed by atoms with Crippen molar-refractivity contribution in [2.24, 2.45) is 0 Å². The van der Waals surface area contributed by atoms with E-state index in [1.165, 1.54) is 0 Å². The van der Waals surface area contributed by atoms with Gasteiger partial charge in [-0.2, -0.15) is 0 Å². The fourth-order valence-electron chi connectivity index (χ4n) is 2.28. The zero-order valence-electron chi connectivity index (χ0n) is 11.9. The summed E-state index contributed by atoms with van der Waals surface area (Å²) < 4.78 is 5.55. The van der Waals surface area contributed by atoms with E-state index in [1.807, 2.05) is 44.2 Å². The number of hydrogen-bond acceptors (Lipinski definition) is 3. The molecule has 0 saturated carbocycles. The zero-order valence-corrected chi connectivity index (χ0v) is 11.9. The highest BCUT2D eigenvalue weighted by Crippen LogP contribution is 2.24. The van der Waals surface area contributed by atoms with E-state index in [2.05, 4.69) is 5.32 Å². The summed E-state index contributed by atoms with van der Waals surface area (Å²) in [5.41, 5.74) is 9.90. The summed E-state index contributed by atoms with van der Waals surface area (Å²) in [5, 5.41) is 3.75. The number of nitrogens with one attached hydrogen (secondary N) is 1. The second kappa shape index (κ2) is 4.98. The summed E-state index contributed by atoms with van der Waals surface area (Å²) in [6, 6.07) is 13.0. The van der Waals surface area contributed by atoms with Crippen LogP contribution in [0.1, 0.15) is 21.7 Å². The highest BCUT2D eigenvalue weighted by molar-refractivity contribution is 6.05. The first-order valence-corrected chi connectivity index (χ1v) is 6.71. The summed E-state index contributed by atoms with van der Waals surface area (Å²) in [7, 11) is 0. The SMILES string of the molecule is Cc1cc(C)c(NC(=O)c2cc3ccccc3o2)cc1N. The Bertz CT molecular complexity index is 801. The molecule has 0 unspecified atom stereocenters. The van der Waals surface area contributed by atoms with E-state index in [1.54, 1.807) is 12.1 Å². The van der Waals surface area contributed by atoms with Crippen molar-refractivity contribution in [1.82, 2.24) is 0 Å². The van der Waals surface area contributed by atoms with E-state index >= 15 is 0 Å². The van der Waals surface area contributed by atoms with E-state index in [4.69, 9.17) is 10.2 Å². The predicted octanol–water partition coefficient (Wildman–Crippen LogP) is 3.88. The van der Waals surface area contributed by atoms with E-state index in [9.17, 15) is 4.79 Å². The van der Waals surface area contributed by atoms with Crippen LogP contribution in [0.5, 0.6) is 0 Å². The number of amides is 1. The molecule has 106 valence electrons. The second-order valence-corrected chi connectivity index (χ2v) is 5.13. The van der Waals surface area contributed by atoms with Crippen LogP contribution in [0.15, 0.2) is 46.9 Å². The van der Waals surface area contributed by atoms with Gasteiger partial charge in [0.15, 0.2) is 5.76 Å². The predicted molar refractivity (Wildman–Crippen MR) is 84.5 cm³/mol. The quantitative estimate of drug-likeness (QED) is 0.700. The number of hydrogen-bond donors (Lipinski definition) is 2. The minimum absolute atomic E-state index is 0.280. The Morgan fingerprint density at radius 2 is 1.86 bits per heavy atom. The Balaban J connectivity index is 1.91. The molecule has 0 aliphatic rings. The Kier molecular flexibility index (Phi) is 3.14. The van der Waals surface area contributed by atoms with Crippen molar-refractivity contribution in [2.75, 3.05) is 11.1 Å². The summed E-state index contributed by atoms with van der Waals surface area (Å²) in [6.07, 6.45) is 0. The van der Waals surface area contributed by atoms with Gasteiger partial charge < -0.3 is 15.5 Å². The molecule has 3 N–H and O–H groups in total. The molecule has 21 heavy (non-hydrogen) atoms. The number of para-hydroxylation sites is 1. The van der Waals surface area contributed by atoms with Crippen LogP contribution in [0.2, 0.25) is 0 Å². The summed E-state index contributed by atoms with van der Waals surface area (Å²) in [6.45, 7) is 3.87. The van der Waals surface area contributed by atoms with Crippen LogP contribution in [-0.4, -0.2) is 5.91 Å². The van der Waals surface area contributed by atoms with Crippen LogP contribution < -0.4 is 11.1 Å². The van der Waals surface area contributed by atoms with Crippen molar-refractivity contribution in [2.45, 2.75) is 13.8 Å². The molecular weight excluding hydrogens is 264 g/mol. The van der Waals surface area contributed by atoms with E-state index in [0.29, 0.717) is 17.0 Å². The highest BCUT2D eigenvalue weighted by atomic mass is 16.3. The summed E-state index contributed by atoms with van der Waals surface area (Å²) >= 11 is 0. The van der Waals surface area contributed by atoms with Crippen molar-refractivity contribution in [3.05, 3.63) is 59.4 Å². The van der Waals surface area contributed by atoms with E-state index in [-0.39, 0.29) is 11.7 Å². The van der Waals surface area contributed by atoms with E-state index < -0.39 is 0 Å². The van der Waals surface area contributed by atoms with Gasteiger partial charge in [-0.05, 0) is 43.2 Å². The van der Waals surface area contributed by atoms with Crippen molar-refractivity contribution in [1.29, 1.82) is 0 Å². The number of anilines is 2. The topological polar surface area (TPSA) is 68.3 Å². The van der Waals surface area contributed by atoms with Gasteiger partial charge in [0.25, 0.3) is 5.91 Å². The van der Waals surface area contributed by atoms with Gasteiger partial charge in [0.1, 0.15) is 5.58 Å². The number of benzene rings is 2. The van der Waals surface area contributed by atoms with Gasteiger partial charge >= 0.3 is 0 Å². The average Bonchev–Trinajstić information content (AvgIpc) is 2.88. The number of furan rings is 1. The molecule has 0 spiro atoms. The van der Waals surface area contributed by atoms with Gasteiger partial charge in [-0.1, -0.05) is 24.3 Å². The lowest BCUT2D eigenvalue weighted by atomic mass is 10.1. The molecule has 0 bridgehead atoms. The van der Waals surface area contributed by atoms with Crippen molar-refractivity contribution >= 4 is 28.3 Å². The number of aryl methyl sites for hydroxylation is 2. The second-order valence-electron chi connectivity index (χ2n) is 5.13. The standard InChI is InChI=1S/C17H16N2O2/c1-10-7-11(2)14(9-13(10)18)19-17(20)16-8-12-5-3-4-6-15(12)21-16/h3-9H,18H2,1-2H3,(H,19,20). The molecule has 1 amide bonds. The van der Waals surface area contributed by atoms with Crippen LogP contribution in [0.4, 0.5) is 11.4 Å². The first-order valence-electron chi connectivity index (χ1n) is 6.71. The van der Waals surface area contributed by atoms with Gasteiger partial charge in [0.05, 0.1) is 0 Å². The Hall–Kier alpha value is -2.75. The van der Waals surface area contributed by atoms with Gasteiger partial charge in [0, 0.05) is 16.8 Å². The molecule has 4 nitrogen and oxygen atoms in total. The maximum atomic E-state index is 12.3. The third-order valence-corrected chi connectivity index (χ3v) is 3.51. The number of fused-ring (bicyclic) bond motifs is 1. The zero-order chi connectivity index (χ0) is 15.0. The molecule has 4 heteroatoms. The molecule has 0 aliphatic heterocycles. The Labute approximate surface area is 122 Å². The number of rotatable bonds is 2. The summed E-state index contributed by atoms with van der Waals surface area (Å²) in [4.78, 5) is 12.3. The fraction of sp³-hybridized carbons (Fsp3) is 0.118. The van der Waals surface area contributed by atoms with Gasteiger partial charge in [0.2, 0.25) is 0 Å². The maximum Gasteiger partial charge on any atom is 0.291 e. The third kappa shape index (κ3) is 2.48. The molecule has 0 atom stereocenters. The molecule has 0 fully saturated rings.